The molecule has 0 N–H and O–H groups in total. The first-order chi connectivity index (χ1) is 26.6. The zero-order valence-electron chi connectivity index (χ0n) is 36.0. The van der Waals surface area contributed by atoms with E-state index in [1.807, 2.05) is 0 Å². The molecule has 0 aromatic rings. The predicted octanol–water partition coefficient (Wildman–Crippen LogP) is 15.2. The Labute approximate surface area is 335 Å². The maximum absolute atomic E-state index is 12.5. The second-order valence-corrected chi connectivity index (χ2v) is 15.3. The van der Waals surface area contributed by atoms with Gasteiger partial charge in [-0.1, -0.05) is 204 Å². The topological polar surface area (TPSA) is 61.8 Å². The summed E-state index contributed by atoms with van der Waals surface area (Å²) in [5, 5.41) is 0. The van der Waals surface area contributed by atoms with Gasteiger partial charge in [0, 0.05) is 19.4 Å². The highest BCUT2D eigenvalue weighted by atomic mass is 16.6. The molecule has 0 saturated heterocycles. The second-order valence-electron chi connectivity index (χ2n) is 15.3. The fourth-order valence-electron chi connectivity index (χ4n) is 6.44. The Bertz CT molecular complexity index is 904. The van der Waals surface area contributed by atoms with Gasteiger partial charge in [-0.25, -0.2) is 0 Å². The Morgan fingerprint density at radius 1 is 0.426 bits per heavy atom. The smallest absolute Gasteiger partial charge is 0.306 e. The van der Waals surface area contributed by atoms with E-state index in [9.17, 15) is 9.59 Å². The van der Waals surface area contributed by atoms with E-state index in [-0.39, 0.29) is 25.2 Å². The number of rotatable bonds is 42. The first-order valence-electron chi connectivity index (χ1n) is 23.2. The molecule has 0 aliphatic carbocycles. The van der Waals surface area contributed by atoms with Gasteiger partial charge in [-0.2, -0.15) is 0 Å². The molecule has 314 valence electrons. The van der Waals surface area contributed by atoms with Crippen LogP contribution in [0.2, 0.25) is 0 Å². The van der Waals surface area contributed by atoms with Gasteiger partial charge in [-0.15, -0.1) is 0 Å². The van der Waals surface area contributed by atoms with Crippen molar-refractivity contribution in [3.63, 3.8) is 0 Å². The average Bonchev–Trinajstić information content (AvgIpc) is 3.17. The molecule has 0 aliphatic rings. The molecular formula is C49H88O5. The van der Waals surface area contributed by atoms with E-state index >= 15 is 0 Å². The maximum Gasteiger partial charge on any atom is 0.306 e. The Morgan fingerprint density at radius 2 is 0.833 bits per heavy atom. The van der Waals surface area contributed by atoms with Crippen molar-refractivity contribution in [3.8, 4) is 0 Å². The first-order valence-corrected chi connectivity index (χ1v) is 23.2. The summed E-state index contributed by atoms with van der Waals surface area (Å²) < 4.78 is 17.2. The molecule has 0 bridgehead atoms. The largest absolute Gasteiger partial charge is 0.462 e. The number of esters is 2. The van der Waals surface area contributed by atoms with Gasteiger partial charge in [0.05, 0.1) is 6.61 Å². The molecule has 5 nitrogen and oxygen atoms in total. The molecule has 54 heavy (non-hydrogen) atoms. The molecule has 0 rings (SSSR count). The third kappa shape index (κ3) is 42.6. The number of carbonyl (C=O) groups excluding carboxylic acids is 2. The summed E-state index contributed by atoms with van der Waals surface area (Å²) in [5.74, 6) is -0.414. The van der Waals surface area contributed by atoms with Gasteiger partial charge in [0.2, 0.25) is 0 Å². The Kier molecular flexibility index (Phi) is 43.5. The molecule has 0 spiro atoms. The molecular weight excluding hydrogens is 669 g/mol. The van der Waals surface area contributed by atoms with Crippen LogP contribution in [0.3, 0.4) is 0 Å². The van der Waals surface area contributed by atoms with Crippen molar-refractivity contribution in [2.75, 3.05) is 19.8 Å². The highest BCUT2D eigenvalue weighted by molar-refractivity contribution is 5.70. The lowest BCUT2D eigenvalue weighted by atomic mass is 10.0. The second kappa shape index (κ2) is 45.3. The van der Waals surface area contributed by atoms with Crippen molar-refractivity contribution in [3.05, 3.63) is 48.6 Å². The third-order valence-electron chi connectivity index (χ3n) is 9.88. The highest BCUT2D eigenvalue weighted by Crippen LogP contribution is 2.15. The van der Waals surface area contributed by atoms with Crippen LogP contribution in [-0.2, 0) is 23.8 Å². The van der Waals surface area contributed by atoms with Gasteiger partial charge >= 0.3 is 11.9 Å². The lowest BCUT2D eigenvalue weighted by Gasteiger charge is -2.18. The number of ether oxygens (including phenoxy) is 3. The summed E-state index contributed by atoms with van der Waals surface area (Å²) in [6.45, 7) is 7.62. The molecule has 0 aromatic heterocycles. The van der Waals surface area contributed by atoms with Crippen LogP contribution in [0.15, 0.2) is 48.6 Å². The number of unbranched alkanes of at least 4 members (excludes halogenated alkanes) is 23. The fourth-order valence-corrected chi connectivity index (χ4v) is 6.44. The average molecular weight is 757 g/mol. The monoisotopic (exact) mass is 757 g/mol. The molecule has 0 heterocycles. The van der Waals surface area contributed by atoms with Gasteiger partial charge in [0.1, 0.15) is 6.61 Å². The van der Waals surface area contributed by atoms with Crippen LogP contribution in [0, 0.1) is 0 Å². The minimum Gasteiger partial charge on any atom is -0.462 e. The lowest BCUT2D eigenvalue weighted by Crippen LogP contribution is -2.30. The maximum atomic E-state index is 12.5. The first kappa shape index (κ1) is 51.9. The quantitative estimate of drug-likeness (QED) is 0.0353. The van der Waals surface area contributed by atoms with E-state index < -0.39 is 6.10 Å². The van der Waals surface area contributed by atoms with Crippen LogP contribution in [0.5, 0.6) is 0 Å². The summed E-state index contributed by atoms with van der Waals surface area (Å²) in [4.78, 5) is 25.0. The van der Waals surface area contributed by atoms with E-state index in [2.05, 4.69) is 69.4 Å². The summed E-state index contributed by atoms with van der Waals surface area (Å²) in [6.07, 6.45) is 54.2. The van der Waals surface area contributed by atoms with E-state index in [0.717, 1.165) is 77.0 Å². The van der Waals surface area contributed by atoms with E-state index in [1.54, 1.807) is 0 Å². The van der Waals surface area contributed by atoms with Gasteiger partial charge in [-0.3, -0.25) is 9.59 Å². The summed E-state index contributed by atoms with van der Waals surface area (Å²) >= 11 is 0. The minimum atomic E-state index is -0.538. The molecule has 0 radical (unpaired) electrons. The standard InChI is InChI=1S/C49H88O5/c1-4-7-10-13-15-17-19-21-23-24-25-27-29-31-33-35-38-41-44-52-45-47(54-49(51)43-40-36-12-9-6-3)46-53-48(50)42-39-37-34-32-30-28-26-22-20-18-16-14-11-8-5-2/h7,10,15,17,21,23,25,27,47H,4-6,8-9,11-14,16,18-20,22,24,26,28-46H2,1-3H3/b10-7-,17-15-,23-21-,27-25-. The van der Waals surface area contributed by atoms with Crippen molar-refractivity contribution in [1.29, 1.82) is 0 Å². The summed E-state index contributed by atoms with van der Waals surface area (Å²) in [7, 11) is 0. The van der Waals surface area contributed by atoms with Crippen molar-refractivity contribution in [2.24, 2.45) is 0 Å². The Balaban J connectivity index is 4.07. The van der Waals surface area contributed by atoms with Crippen molar-refractivity contribution in [2.45, 2.75) is 232 Å². The van der Waals surface area contributed by atoms with Crippen molar-refractivity contribution in [1.82, 2.24) is 0 Å². The molecule has 0 aliphatic heterocycles. The Hall–Kier alpha value is -2.14. The SMILES string of the molecule is CC/C=C\C/C=C\C/C=C\C/C=C\CCCCCCCOCC(COC(=O)CCCCCCCCCCCCCCCCC)OC(=O)CCCCCCC. The fraction of sp³-hybridized carbons (Fsp3) is 0.796. The van der Waals surface area contributed by atoms with Crippen LogP contribution in [0.1, 0.15) is 226 Å². The lowest BCUT2D eigenvalue weighted by molar-refractivity contribution is -0.163. The molecule has 0 fully saturated rings. The minimum absolute atomic E-state index is 0.0798. The normalized spacial score (nSPS) is 12.6. The number of allylic oxidation sites excluding steroid dienone is 8. The molecule has 1 atom stereocenters. The zero-order valence-corrected chi connectivity index (χ0v) is 36.0. The van der Waals surface area contributed by atoms with E-state index in [4.69, 9.17) is 14.2 Å². The van der Waals surface area contributed by atoms with Crippen LogP contribution >= 0.6 is 0 Å². The van der Waals surface area contributed by atoms with Crippen molar-refractivity contribution >= 4 is 11.9 Å². The van der Waals surface area contributed by atoms with Crippen LogP contribution in [-0.4, -0.2) is 37.9 Å². The van der Waals surface area contributed by atoms with Gasteiger partial charge in [-0.05, 0) is 57.8 Å². The molecule has 0 aromatic carbocycles. The third-order valence-corrected chi connectivity index (χ3v) is 9.88. The number of carbonyl (C=O) groups is 2. The Morgan fingerprint density at radius 3 is 1.33 bits per heavy atom. The van der Waals surface area contributed by atoms with E-state index in [0.29, 0.717) is 19.4 Å². The summed E-state index contributed by atoms with van der Waals surface area (Å²) in [6, 6.07) is 0. The van der Waals surface area contributed by atoms with Gasteiger partial charge in [0.15, 0.2) is 6.10 Å². The molecule has 1 unspecified atom stereocenters. The van der Waals surface area contributed by atoms with Gasteiger partial charge < -0.3 is 14.2 Å². The molecule has 5 heteroatoms. The highest BCUT2D eigenvalue weighted by Gasteiger charge is 2.17. The number of hydrogen-bond acceptors (Lipinski definition) is 5. The molecule has 0 saturated carbocycles. The summed E-state index contributed by atoms with van der Waals surface area (Å²) in [5.41, 5.74) is 0. The zero-order chi connectivity index (χ0) is 39.3. The van der Waals surface area contributed by atoms with Crippen LogP contribution in [0.25, 0.3) is 0 Å². The van der Waals surface area contributed by atoms with Crippen LogP contribution < -0.4 is 0 Å². The molecule has 0 amide bonds. The number of hydrogen-bond donors (Lipinski definition) is 0. The van der Waals surface area contributed by atoms with Gasteiger partial charge in [0.25, 0.3) is 0 Å². The van der Waals surface area contributed by atoms with E-state index in [1.165, 1.54) is 116 Å². The predicted molar refractivity (Wildman–Crippen MR) is 233 cm³/mol. The van der Waals surface area contributed by atoms with Crippen LogP contribution in [0.4, 0.5) is 0 Å². The van der Waals surface area contributed by atoms with Crippen molar-refractivity contribution < 1.29 is 23.8 Å².